The van der Waals surface area contributed by atoms with Crippen molar-refractivity contribution in [2.45, 2.75) is 25.8 Å². The van der Waals surface area contributed by atoms with Gasteiger partial charge in [0.05, 0.1) is 0 Å². The monoisotopic (exact) mass is 263 g/mol. The van der Waals surface area contributed by atoms with Crippen LogP contribution in [0.15, 0.2) is 12.2 Å². The second-order valence-corrected chi connectivity index (χ2v) is 6.89. The van der Waals surface area contributed by atoms with Crippen LogP contribution in [0.1, 0.15) is 19.8 Å². The van der Waals surface area contributed by atoms with Crippen LogP contribution in [0.4, 0.5) is 0 Å². The lowest BCUT2D eigenvalue weighted by atomic mass is 9.93. The minimum absolute atomic E-state index is 0.683. The molecule has 1 saturated carbocycles. The van der Waals surface area contributed by atoms with Crippen LogP contribution < -0.4 is 5.32 Å². The quantitative estimate of drug-likeness (QED) is 0.757. The van der Waals surface area contributed by atoms with Gasteiger partial charge in [-0.2, -0.15) is 0 Å². The number of nitrogens with zero attached hydrogens (tertiary/aromatic N) is 2. The standard InChI is InChI=1S/C16H29N3/c1-13(19-7-5-18(2)6-8-19)11-17-12-16-10-14-3-4-15(16)9-14/h3-4,13-17H,5-12H2,1-2H3/t13-,14+,15+,16+/m1/s1. The fourth-order valence-corrected chi connectivity index (χ4v) is 4.00. The smallest absolute Gasteiger partial charge is 0.0193 e. The van der Waals surface area contributed by atoms with E-state index in [1.54, 1.807) is 0 Å². The lowest BCUT2D eigenvalue weighted by Gasteiger charge is -2.36. The van der Waals surface area contributed by atoms with Gasteiger partial charge in [0.25, 0.3) is 0 Å². The number of hydrogen-bond acceptors (Lipinski definition) is 3. The molecule has 1 saturated heterocycles. The summed E-state index contributed by atoms with van der Waals surface area (Å²) in [5.41, 5.74) is 0. The number of fused-ring (bicyclic) bond motifs is 2. The van der Waals surface area contributed by atoms with Crippen LogP contribution in [0.3, 0.4) is 0 Å². The Morgan fingerprint density at radius 1 is 1.16 bits per heavy atom. The van der Waals surface area contributed by atoms with E-state index in [4.69, 9.17) is 0 Å². The van der Waals surface area contributed by atoms with Crippen LogP contribution in [0, 0.1) is 17.8 Å². The predicted octanol–water partition coefficient (Wildman–Crippen LogP) is 1.42. The molecule has 2 bridgehead atoms. The molecule has 0 aromatic rings. The van der Waals surface area contributed by atoms with E-state index < -0.39 is 0 Å². The van der Waals surface area contributed by atoms with E-state index in [0.29, 0.717) is 6.04 Å². The Balaban J connectivity index is 1.34. The zero-order chi connectivity index (χ0) is 13.2. The van der Waals surface area contributed by atoms with E-state index in [9.17, 15) is 0 Å². The van der Waals surface area contributed by atoms with Gasteiger partial charge in [-0.3, -0.25) is 4.90 Å². The molecule has 108 valence electrons. The molecular weight excluding hydrogens is 234 g/mol. The SMILES string of the molecule is C[C@H](CNC[C@@H]1C[C@H]2C=C[C@H]1C2)N1CCN(C)CC1. The lowest BCUT2D eigenvalue weighted by Crippen LogP contribution is -2.51. The first-order valence-electron chi connectivity index (χ1n) is 8.04. The number of hydrogen-bond donors (Lipinski definition) is 1. The maximum Gasteiger partial charge on any atom is 0.0193 e. The number of rotatable bonds is 5. The molecule has 1 aliphatic heterocycles. The van der Waals surface area contributed by atoms with Crippen molar-refractivity contribution in [3.05, 3.63) is 12.2 Å². The third-order valence-corrected chi connectivity index (χ3v) is 5.42. The summed E-state index contributed by atoms with van der Waals surface area (Å²) >= 11 is 0. The second kappa shape index (κ2) is 5.94. The lowest BCUT2D eigenvalue weighted by molar-refractivity contribution is 0.117. The minimum Gasteiger partial charge on any atom is -0.315 e. The van der Waals surface area contributed by atoms with Gasteiger partial charge < -0.3 is 10.2 Å². The number of likely N-dealkylation sites (N-methyl/N-ethyl adjacent to an activating group) is 1. The van der Waals surface area contributed by atoms with Crippen molar-refractivity contribution in [3.8, 4) is 0 Å². The Bertz CT molecular complexity index is 320. The second-order valence-electron chi connectivity index (χ2n) is 6.89. The molecule has 1 heterocycles. The molecule has 3 aliphatic rings. The van der Waals surface area contributed by atoms with Crippen molar-refractivity contribution in [2.24, 2.45) is 17.8 Å². The van der Waals surface area contributed by atoms with E-state index in [2.05, 4.69) is 41.2 Å². The summed E-state index contributed by atoms with van der Waals surface area (Å²) in [4.78, 5) is 5.06. The maximum absolute atomic E-state index is 3.73. The highest BCUT2D eigenvalue weighted by molar-refractivity contribution is 5.10. The van der Waals surface area contributed by atoms with E-state index >= 15 is 0 Å². The fraction of sp³-hybridized carbons (Fsp3) is 0.875. The van der Waals surface area contributed by atoms with Gasteiger partial charge >= 0.3 is 0 Å². The average molecular weight is 263 g/mol. The van der Waals surface area contributed by atoms with E-state index in [0.717, 1.165) is 24.3 Å². The number of allylic oxidation sites excluding steroid dienone is 2. The summed E-state index contributed by atoms with van der Waals surface area (Å²) in [6.07, 6.45) is 7.76. The summed E-state index contributed by atoms with van der Waals surface area (Å²) in [6, 6.07) is 0.683. The van der Waals surface area contributed by atoms with Gasteiger partial charge in [0, 0.05) is 38.8 Å². The topological polar surface area (TPSA) is 18.5 Å². The third kappa shape index (κ3) is 3.21. The van der Waals surface area contributed by atoms with Gasteiger partial charge in [0.2, 0.25) is 0 Å². The molecular formula is C16H29N3. The van der Waals surface area contributed by atoms with Crippen LogP contribution in [0.25, 0.3) is 0 Å². The molecule has 19 heavy (non-hydrogen) atoms. The van der Waals surface area contributed by atoms with Gasteiger partial charge in [-0.15, -0.1) is 0 Å². The molecule has 0 spiro atoms. The van der Waals surface area contributed by atoms with Gasteiger partial charge in [-0.1, -0.05) is 12.2 Å². The van der Waals surface area contributed by atoms with Crippen LogP contribution in [0.2, 0.25) is 0 Å². The Labute approximate surface area is 118 Å². The van der Waals surface area contributed by atoms with Gasteiger partial charge in [-0.05, 0) is 51.1 Å². The van der Waals surface area contributed by atoms with E-state index in [1.165, 1.54) is 45.6 Å². The molecule has 0 aromatic carbocycles. The molecule has 2 aliphatic carbocycles. The highest BCUT2D eigenvalue weighted by Gasteiger charge is 2.35. The molecule has 3 nitrogen and oxygen atoms in total. The fourth-order valence-electron chi connectivity index (χ4n) is 4.00. The van der Waals surface area contributed by atoms with Crippen molar-refractivity contribution >= 4 is 0 Å². The number of nitrogens with one attached hydrogen (secondary N) is 1. The molecule has 0 unspecified atom stereocenters. The molecule has 0 aromatic heterocycles. The van der Waals surface area contributed by atoms with Gasteiger partial charge in [0.1, 0.15) is 0 Å². The number of piperazine rings is 1. The molecule has 0 amide bonds. The largest absolute Gasteiger partial charge is 0.315 e. The highest BCUT2D eigenvalue weighted by atomic mass is 15.3. The highest BCUT2D eigenvalue weighted by Crippen LogP contribution is 2.42. The average Bonchev–Trinajstić information content (AvgIpc) is 3.02. The summed E-state index contributed by atoms with van der Waals surface area (Å²) in [5, 5.41) is 3.73. The molecule has 4 atom stereocenters. The summed E-state index contributed by atoms with van der Waals surface area (Å²) in [7, 11) is 2.23. The van der Waals surface area contributed by atoms with Gasteiger partial charge in [0.15, 0.2) is 0 Å². The van der Waals surface area contributed by atoms with Crippen molar-refractivity contribution in [3.63, 3.8) is 0 Å². The van der Waals surface area contributed by atoms with Crippen LogP contribution in [-0.2, 0) is 0 Å². The Hall–Kier alpha value is -0.380. The van der Waals surface area contributed by atoms with Crippen LogP contribution in [-0.4, -0.2) is 62.2 Å². The van der Waals surface area contributed by atoms with Crippen molar-refractivity contribution in [1.29, 1.82) is 0 Å². The van der Waals surface area contributed by atoms with Crippen molar-refractivity contribution in [2.75, 3.05) is 46.3 Å². The zero-order valence-electron chi connectivity index (χ0n) is 12.5. The summed E-state index contributed by atoms with van der Waals surface area (Å²) < 4.78 is 0. The molecule has 3 rings (SSSR count). The maximum atomic E-state index is 3.73. The van der Waals surface area contributed by atoms with Crippen LogP contribution >= 0.6 is 0 Å². The van der Waals surface area contributed by atoms with Gasteiger partial charge in [-0.25, -0.2) is 0 Å². The molecule has 1 N–H and O–H groups in total. The summed E-state index contributed by atoms with van der Waals surface area (Å²) in [5.74, 6) is 2.71. The van der Waals surface area contributed by atoms with Crippen molar-refractivity contribution < 1.29 is 0 Å². The summed E-state index contributed by atoms with van der Waals surface area (Å²) in [6.45, 7) is 9.67. The Kier molecular flexibility index (Phi) is 4.25. The van der Waals surface area contributed by atoms with Crippen molar-refractivity contribution in [1.82, 2.24) is 15.1 Å². The Morgan fingerprint density at radius 3 is 2.58 bits per heavy atom. The first kappa shape index (κ1) is 13.6. The molecule has 0 radical (unpaired) electrons. The normalized spacial score (nSPS) is 37.1. The molecule has 3 heteroatoms. The first-order valence-corrected chi connectivity index (χ1v) is 8.04. The van der Waals surface area contributed by atoms with Crippen LogP contribution in [0.5, 0.6) is 0 Å². The van der Waals surface area contributed by atoms with E-state index in [1.807, 2.05) is 0 Å². The third-order valence-electron chi connectivity index (χ3n) is 5.42. The zero-order valence-corrected chi connectivity index (χ0v) is 12.5. The first-order chi connectivity index (χ1) is 9.22. The van der Waals surface area contributed by atoms with E-state index in [-0.39, 0.29) is 0 Å². The Morgan fingerprint density at radius 2 is 1.95 bits per heavy atom. The minimum atomic E-state index is 0.683. The molecule has 2 fully saturated rings. The predicted molar refractivity (Wildman–Crippen MR) is 80.2 cm³/mol.